The molecule has 0 aliphatic carbocycles. The van der Waals surface area contributed by atoms with E-state index in [0.29, 0.717) is 16.7 Å². The topological polar surface area (TPSA) is 95.4 Å². The molecule has 1 aromatic carbocycles. The van der Waals surface area contributed by atoms with Gasteiger partial charge in [-0.15, -0.1) is 0 Å². The average Bonchev–Trinajstić information content (AvgIpc) is 2.60. The number of rotatable bonds is 3. The monoisotopic (exact) mass is 374 g/mol. The number of fused-ring (bicyclic) bond motifs is 1. The lowest BCUT2D eigenvalue weighted by Gasteiger charge is -2.43. The highest BCUT2D eigenvalue weighted by atomic mass is 35.5. The van der Waals surface area contributed by atoms with Crippen molar-refractivity contribution in [2.24, 2.45) is 5.92 Å². The van der Waals surface area contributed by atoms with Crippen LogP contribution in [0.5, 0.6) is 0 Å². The van der Waals surface area contributed by atoms with E-state index in [-0.39, 0.29) is 29.5 Å². The second-order valence-electron chi connectivity index (χ2n) is 6.41. The molecule has 0 fully saturated rings. The molecule has 0 spiro atoms. The number of carboxylic acid groups (broad SMARTS) is 1. The highest BCUT2D eigenvalue weighted by Gasteiger charge is 2.38. The molecule has 1 aliphatic rings. The number of hydrogen-bond donors (Lipinski definition) is 2. The molecular weight excluding hydrogens is 356 g/mol. The molecule has 2 N–H and O–H groups in total. The number of nitrogens with zero attached hydrogens (tertiary/aromatic N) is 3. The van der Waals surface area contributed by atoms with Crippen LogP contribution in [0.4, 0.5) is 11.6 Å². The Kier molecular flexibility index (Phi) is 4.82. The summed E-state index contributed by atoms with van der Waals surface area (Å²) in [4.78, 5) is 33.6. The second kappa shape index (κ2) is 6.92. The molecular formula is C18H19ClN4O3. The van der Waals surface area contributed by atoms with Crippen molar-refractivity contribution in [2.75, 3.05) is 10.2 Å². The predicted molar refractivity (Wildman–Crippen MR) is 98.6 cm³/mol. The van der Waals surface area contributed by atoms with Crippen LogP contribution in [0.25, 0.3) is 0 Å². The quantitative estimate of drug-likeness (QED) is 0.855. The fourth-order valence-corrected chi connectivity index (χ4v) is 3.46. The molecule has 3 rings (SSSR count). The van der Waals surface area contributed by atoms with E-state index in [1.807, 2.05) is 13.8 Å². The third-order valence-electron chi connectivity index (χ3n) is 4.81. The number of benzene rings is 1. The van der Waals surface area contributed by atoms with Crippen LogP contribution in [0.3, 0.4) is 0 Å². The number of hydrogen-bond acceptors (Lipinski definition) is 5. The van der Waals surface area contributed by atoms with Gasteiger partial charge < -0.3 is 15.3 Å². The SMILES string of the molecule is CC(=O)N1c2ccc(C(=O)O)cc2C(Nc2ncc(Cl)cn2)C(C)C1C. The van der Waals surface area contributed by atoms with Crippen molar-refractivity contribution in [3.05, 3.63) is 46.7 Å². The van der Waals surface area contributed by atoms with Gasteiger partial charge in [0.2, 0.25) is 11.9 Å². The molecule has 3 atom stereocenters. The minimum absolute atomic E-state index is 0.00489. The van der Waals surface area contributed by atoms with E-state index in [4.69, 9.17) is 11.6 Å². The second-order valence-corrected chi connectivity index (χ2v) is 6.85. The molecule has 8 heteroatoms. The summed E-state index contributed by atoms with van der Waals surface area (Å²) in [5.41, 5.74) is 1.58. The van der Waals surface area contributed by atoms with Crippen molar-refractivity contribution in [1.29, 1.82) is 0 Å². The van der Waals surface area contributed by atoms with Gasteiger partial charge >= 0.3 is 5.97 Å². The van der Waals surface area contributed by atoms with Crippen molar-refractivity contribution >= 4 is 35.1 Å². The molecule has 0 bridgehead atoms. The van der Waals surface area contributed by atoms with Gasteiger partial charge in [0.15, 0.2) is 0 Å². The summed E-state index contributed by atoms with van der Waals surface area (Å²) in [6.07, 6.45) is 2.98. The minimum atomic E-state index is -1.02. The van der Waals surface area contributed by atoms with Crippen molar-refractivity contribution in [2.45, 2.75) is 32.9 Å². The van der Waals surface area contributed by atoms with Gasteiger partial charge in [-0.1, -0.05) is 18.5 Å². The summed E-state index contributed by atoms with van der Waals surface area (Å²) in [6.45, 7) is 5.48. The molecule has 0 saturated heterocycles. The van der Waals surface area contributed by atoms with Crippen molar-refractivity contribution in [3.8, 4) is 0 Å². The number of aromatic carboxylic acids is 1. The Morgan fingerprint density at radius 2 is 1.88 bits per heavy atom. The fraction of sp³-hybridized carbons (Fsp3) is 0.333. The highest BCUT2D eigenvalue weighted by molar-refractivity contribution is 6.30. The maximum Gasteiger partial charge on any atom is 0.335 e. The summed E-state index contributed by atoms with van der Waals surface area (Å²) in [5, 5.41) is 13.0. The Hall–Kier alpha value is -2.67. The van der Waals surface area contributed by atoms with Gasteiger partial charge in [0.1, 0.15) is 0 Å². The lowest BCUT2D eigenvalue weighted by atomic mass is 9.82. The van der Waals surface area contributed by atoms with Gasteiger partial charge in [0.05, 0.1) is 29.0 Å². The third-order valence-corrected chi connectivity index (χ3v) is 5.00. The van der Waals surface area contributed by atoms with E-state index in [2.05, 4.69) is 15.3 Å². The minimum Gasteiger partial charge on any atom is -0.478 e. The van der Waals surface area contributed by atoms with Crippen LogP contribution in [-0.2, 0) is 4.79 Å². The zero-order valence-electron chi connectivity index (χ0n) is 14.6. The molecule has 0 saturated carbocycles. The van der Waals surface area contributed by atoms with Crippen LogP contribution in [0.1, 0.15) is 42.7 Å². The lowest BCUT2D eigenvalue weighted by Crippen LogP contribution is -2.48. The van der Waals surface area contributed by atoms with Gasteiger partial charge in [-0.3, -0.25) is 4.79 Å². The lowest BCUT2D eigenvalue weighted by molar-refractivity contribution is -0.117. The van der Waals surface area contributed by atoms with Crippen LogP contribution in [0.15, 0.2) is 30.6 Å². The smallest absolute Gasteiger partial charge is 0.335 e. The van der Waals surface area contributed by atoms with E-state index in [1.54, 1.807) is 17.0 Å². The molecule has 3 unspecified atom stereocenters. The zero-order valence-corrected chi connectivity index (χ0v) is 15.4. The number of anilines is 2. The van der Waals surface area contributed by atoms with Crippen LogP contribution in [-0.4, -0.2) is 33.0 Å². The molecule has 2 aromatic rings. The number of aromatic nitrogens is 2. The molecule has 26 heavy (non-hydrogen) atoms. The Morgan fingerprint density at radius 1 is 1.23 bits per heavy atom. The zero-order chi connectivity index (χ0) is 19.0. The average molecular weight is 375 g/mol. The standard InChI is InChI=1S/C18H19ClN4O3/c1-9-10(2)23(11(3)24)15-5-4-12(17(25)26)6-14(15)16(9)22-18-20-7-13(19)8-21-18/h4-10,16H,1-3H3,(H,25,26)(H,20,21,22). The third kappa shape index (κ3) is 3.22. The summed E-state index contributed by atoms with van der Waals surface area (Å²) >= 11 is 5.83. The molecule has 136 valence electrons. The van der Waals surface area contributed by atoms with E-state index < -0.39 is 5.97 Å². The first-order valence-corrected chi connectivity index (χ1v) is 8.58. The Bertz CT molecular complexity index is 856. The molecule has 1 amide bonds. The van der Waals surface area contributed by atoms with Crippen LogP contribution < -0.4 is 10.2 Å². The van der Waals surface area contributed by atoms with Gasteiger partial charge in [0, 0.05) is 24.6 Å². The summed E-state index contributed by atoms with van der Waals surface area (Å²) in [7, 11) is 0. The first-order chi connectivity index (χ1) is 12.3. The van der Waals surface area contributed by atoms with E-state index >= 15 is 0 Å². The molecule has 7 nitrogen and oxygen atoms in total. The Morgan fingerprint density at radius 3 is 2.46 bits per heavy atom. The van der Waals surface area contributed by atoms with Crippen molar-refractivity contribution in [3.63, 3.8) is 0 Å². The number of carboxylic acids is 1. The van der Waals surface area contributed by atoms with Crippen LogP contribution in [0.2, 0.25) is 5.02 Å². The molecule has 0 radical (unpaired) electrons. The van der Waals surface area contributed by atoms with Gasteiger partial charge in [-0.2, -0.15) is 0 Å². The van der Waals surface area contributed by atoms with Gasteiger partial charge in [-0.25, -0.2) is 14.8 Å². The van der Waals surface area contributed by atoms with E-state index in [9.17, 15) is 14.7 Å². The molecule has 2 heterocycles. The highest BCUT2D eigenvalue weighted by Crippen LogP contribution is 2.42. The number of carbonyl (C=O) groups is 2. The van der Waals surface area contributed by atoms with Gasteiger partial charge in [-0.05, 0) is 30.7 Å². The van der Waals surface area contributed by atoms with Crippen molar-refractivity contribution in [1.82, 2.24) is 9.97 Å². The van der Waals surface area contributed by atoms with E-state index in [1.165, 1.54) is 25.4 Å². The molecule has 1 aromatic heterocycles. The first-order valence-electron chi connectivity index (χ1n) is 8.20. The summed E-state index contributed by atoms with van der Waals surface area (Å²) in [5.74, 6) is -0.721. The summed E-state index contributed by atoms with van der Waals surface area (Å²) < 4.78 is 0. The largest absolute Gasteiger partial charge is 0.478 e. The molecule has 1 aliphatic heterocycles. The summed E-state index contributed by atoms with van der Waals surface area (Å²) in [6, 6.07) is 4.45. The van der Waals surface area contributed by atoms with E-state index in [0.717, 1.165) is 5.56 Å². The van der Waals surface area contributed by atoms with Crippen LogP contribution in [0, 0.1) is 5.92 Å². The van der Waals surface area contributed by atoms with Crippen molar-refractivity contribution < 1.29 is 14.7 Å². The number of amides is 1. The maximum atomic E-state index is 12.2. The number of halogens is 1. The fourth-order valence-electron chi connectivity index (χ4n) is 3.36. The number of carbonyl (C=O) groups excluding carboxylic acids is 1. The first kappa shape index (κ1) is 18.1. The predicted octanol–water partition coefficient (Wildman–Crippen LogP) is 3.37. The Labute approximate surface area is 156 Å². The Balaban J connectivity index is 2.09. The normalized spacial score (nSPS) is 21.8. The van der Waals surface area contributed by atoms with Gasteiger partial charge in [0.25, 0.3) is 0 Å². The maximum absolute atomic E-state index is 12.2. The van der Waals surface area contributed by atoms with Crippen LogP contribution >= 0.6 is 11.6 Å². The number of nitrogens with one attached hydrogen (secondary N) is 1.